The van der Waals surface area contributed by atoms with Crippen molar-refractivity contribution < 1.29 is 21.8 Å². The number of rotatable bonds is 9. The highest BCUT2D eigenvalue weighted by atomic mass is 32.2. The van der Waals surface area contributed by atoms with E-state index in [1.807, 2.05) is 36.4 Å². The van der Waals surface area contributed by atoms with Gasteiger partial charge in [-0.2, -0.15) is 8.42 Å². The van der Waals surface area contributed by atoms with Crippen LogP contribution >= 0.6 is 0 Å². The third kappa shape index (κ3) is 6.22. The van der Waals surface area contributed by atoms with Gasteiger partial charge in [0.2, 0.25) is 5.91 Å². The molecule has 0 saturated carbocycles. The molecule has 1 aromatic heterocycles. The molecule has 6 nitrogen and oxygen atoms in total. The quantitative estimate of drug-likeness (QED) is 0.499. The van der Waals surface area contributed by atoms with Crippen molar-refractivity contribution in [1.82, 2.24) is 4.90 Å². The summed E-state index contributed by atoms with van der Waals surface area (Å²) in [6, 6.07) is 19.9. The highest BCUT2D eigenvalue weighted by Gasteiger charge is 2.17. The number of hydrogen-bond acceptors (Lipinski definition) is 5. The number of carbonyl (C=O) groups is 1. The average Bonchev–Trinajstić information content (AvgIpc) is 3.23. The predicted molar refractivity (Wildman–Crippen MR) is 110 cm³/mol. The molecule has 3 rings (SSSR count). The van der Waals surface area contributed by atoms with Crippen LogP contribution in [0.2, 0.25) is 0 Å². The number of nitrogens with zero attached hydrogens (tertiary/aromatic N) is 1. The van der Waals surface area contributed by atoms with E-state index < -0.39 is 10.1 Å². The lowest BCUT2D eigenvalue weighted by molar-refractivity contribution is -0.132. The monoisotopic (exact) mass is 413 g/mol. The second-order valence-corrected chi connectivity index (χ2v) is 8.42. The van der Waals surface area contributed by atoms with Crippen molar-refractivity contribution in [2.75, 3.05) is 5.75 Å². The molecule has 0 aliphatic rings. The highest BCUT2D eigenvalue weighted by molar-refractivity contribution is 7.87. The SMILES string of the molecule is CCS(=O)(=O)Oc1ccc(CN(Cc2ccco2)C(=O)Cc2ccccc2)cc1. The molecule has 0 aliphatic carbocycles. The lowest BCUT2D eigenvalue weighted by Crippen LogP contribution is -2.31. The van der Waals surface area contributed by atoms with Gasteiger partial charge in [0.25, 0.3) is 0 Å². The fourth-order valence-electron chi connectivity index (χ4n) is 2.78. The summed E-state index contributed by atoms with van der Waals surface area (Å²) < 4.78 is 33.6. The number of benzene rings is 2. The summed E-state index contributed by atoms with van der Waals surface area (Å²) in [6.07, 6.45) is 1.87. The van der Waals surface area contributed by atoms with Gasteiger partial charge in [-0.25, -0.2) is 0 Å². The van der Waals surface area contributed by atoms with Crippen molar-refractivity contribution in [2.45, 2.75) is 26.4 Å². The number of hydrogen-bond donors (Lipinski definition) is 0. The first-order valence-corrected chi connectivity index (χ1v) is 10.9. The predicted octanol–water partition coefficient (Wildman–Crippen LogP) is 3.78. The number of furan rings is 1. The molecule has 0 unspecified atom stereocenters. The molecular formula is C22H23NO5S. The Kier molecular flexibility index (Phi) is 6.72. The van der Waals surface area contributed by atoms with E-state index in [0.717, 1.165) is 11.1 Å². The standard InChI is InChI=1S/C22H23NO5S/c1-2-29(25,26)28-20-12-10-19(11-13-20)16-23(17-21-9-6-14-27-21)22(24)15-18-7-4-3-5-8-18/h3-14H,2,15-17H2,1H3. The maximum Gasteiger partial charge on any atom is 0.308 e. The molecule has 0 atom stereocenters. The van der Waals surface area contributed by atoms with Crippen LogP contribution in [-0.4, -0.2) is 25.0 Å². The fraction of sp³-hybridized carbons (Fsp3) is 0.227. The van der Waals surface area contributed by atoms with Gasteiger partial charge in [0, 0.05) is 6.54 Å². The second-order valence-electron chi connectivity index (χ2n) is 6.57. The van der Waals surface area contributed by atoms with Gasteiger partial charge in [-0.3, -0.25) is 4.79 Å². The molecule has 1 heterocycles. The smallest absolute Gasteiger partial charge is 0.308 e. The Morgan fingerprint density at radius 2 is 1.66 bits per heavy atom. The van der Waals surface area contributed by atoms with E-state index in [1.54, 1.807) is 41.5 Å². The summed E-state index contributed by atoms with van der Waals surface area (Å²) in [7, 11) is -3.57. The van der Waals surface area contributed by atoms with Gasteiger partial charge in [0.05, 0.1) is 25.0 Å². The van der Waals surface area contributed by atoms with Gasteiger partial charge < -0.3 is 13.5 Å². The molecule has 0 radical (unpaired) electrons. The second kappa shape index (κ2) is 9.43. The first kappa shape index (κ1) is 20.7. The third-order valence-corrected chi connectivity index (χ3v) is 5.50. The minimum Gasteiger partial charge on any atom is -0.467 e. The first-order chi connectivity index (χ1) is 13.9. The third-order valence-electron chi connectivity index (χ3n) is 4.35. The maximum atomic E-state index is 12.9. The van der Waals surface area contributed by atoms with Crippen LogP contribution < -0.4 is 4.18 Å². The molecule has 0 fully saturated rings. The van der Waals surface area contributed by atoms with Crippen LogP contribution in [0.3, 0.4) is 0 Å². The van der Waals surface area contributed by atoms with Crippen LogP contribution in [0.4, 0.5) is 0 Å². The van der Waals surface area contributed by atoms with E-state index in [0.29, 0.717) is 18.8 Å². The molecule has 152 valence electrons. The summed E-state index contributed by atoms with van der Waals surface area (Å²) in [5.74, 6) is 0.824. The van der Waals surface area contributed by atoms with Gasteiger partial charge in [0.1, 0.15) is 11.5 Å². The number of amides is 1. The summed E-state index contributed by atoms with van der Waals surface area (Å²) in [4.78, 5) is 14.6. The van der Waals surface area contributed by atoms with Crippen molar-refractivity contribution in [3.63, 3.8) is 0 Å². The molecule has 7 heteroatoms. The highest BCUT2D eigenvalue weighted by Crippen LogP contribution is 2.18. The van der Waals surface area contributed by atoms with Gasteiger partial charge in [-0.1, -0.05) is 42.5 Å². The molecule has 0 saturated heterocycles. The summed E-state index contributed by atoms with van der Waals surface area (Å²) in [5.41, 5.74) is 1.80. The molecule has 0 aliphatic heterocycles. The minimum atomic E-state index is -3.57. The summed E-state index contributed by atoms with van der Waals surface area (Å²) >= 11 is 0. The summed E-state index contributed by atoms with van der Waals surface area (Å²) in [5, 5.41) is 0. The molecule has 2 aromatic carbocycles. The van der Waals surface area contributed by atoms with Crippen molar-refractivity contribution in [2.24, 2.45) is 0 Å². The Hall–Kier alpha value is -3.06. The Morgan fingerprint density at radius 1 is 0.931 bits per heavy atom. The maximum absolute atomic E-state index is 12.9. The van der Waals surface area contributed by atoms with Gasteiger partial charge in [0.15, 0.2) is 0 Å². The van der Waals surface area contributed by atoms with Crippen LogP contribution in [0.1, 0.15) is 23.8 Å². The first-order valence-electron chi connectivity index (χ1n) is 9.30. The van der Waals surface area contributed by atoms with Crippen molar-refractivity contribution in [3.05, 3.63) is 89.9 Å². The molecule has 0 spiro atoms. The van der Waals surface area contributed by atoms with E-state index in [1.165, 1.54) is 6.92 Å². The normalized spacial score (nSPS) is 11.2. The minimum absolute atomic E-state index is 0.0264. The van der Waals surface area contributed by atoms with Crippen LogP contribution in [-0.2, 0) is 34.4 Å². The van der Waals surface area contributed by atoms with Crippen molar-refractivity contribution in [3.8, 4) is 5.75 Å². The van der Waals surface area contributed by atoms with Gasteiger partial charge in [-0.05, 0) is 42.3 Å². The van der Waals surface area contributed by atoms with Gasteiger partial charge in [-0.15, -0.1) is 0 Å². The average molecular weight is 413 g/mol. The zero-order valence-corrected chi connectivity index (χ0v) is 17.0. The lowest BCUT2D eigenvalue weighted by atomic mass is 10.1. The molecule has 29 heavy (non-hydrogen) atoms. The Balaban J connectivity index is 1.73. The lowest BCUT2D eigenvalue weighted by Gasteiger charge is -2.22. The topological polar surface area (TPSA) is 76.8 Å². The Morgan fingerprint density at radius 3 is 2.28 bits per heavy atom. The molecule has 0 N–H and O–H groups in total. The van der Waals surface area contributed by atoms with Crippen LogP contribution in [0.15, 0.2) is 77.4 Å². The van der Waals surface area contributed by atoms with Crippen LogP contribution in [0, 0.1) is 0 Å². The van der Waals surface area contributed by atoms with E-state index in [2.05, 4.69) is 0 Å². The van der Waals surface area contributed by atoms with E-state index in [9.17, 15) is 13.2 Å². The van der Waals surface area contributed by atoms with Crippen LogP contribution in [0.25, 0.3) is 0 Å². The zero-order chi connectivity index (χ0) is 20.7. The van der Waals surface area contributed by atoms with Crippen molar-refractivity contribution >= 4 is 16.0 Å². The Labute approximate surface area is 170 Å². The molecule has 3 aromatic rings. The summed E-state index contributed by atoms with van der Waals surface area (Å²) in [6.45, 7) is 2.24. The Bertz CT molecular complexity index is 1010. The van der Waals surface area contributed by atoms with E-state index >= 15 is 0 Å². The molecule has 0 bridgehead atoms. The van der Waals surface area contributed by atoms with Crippen molar-refractivity contribution in [1.29, 1.82) is 0 Å². The molecular weight excluding hydrogens is 390 g/mol. The number of carbonyl (C=O) groups excluding carboxylic acids is 1. The van der Waals surface area contributed by atoms with E-state index in [-0.39, 0.29) is 23.8 Å². The van der Waals surface area contributed by atoms with E-state index in [4.69, 9.17) is 8.60 Å². The van der Waals surface area contributed by atoms with Crippen LogP contribution in [0.5, 0.6) is 5.75 Å². The van der Waals surface area contributed by atoms with Gasteiger partial charge >= 0.3 is 10.1 Å². The molecule has 1 amide bonds. The fourth-order valence-corrected chi connectivity index (χ4v) is 3.30. The zero-order valence-electron chi connectivity index (χ0n) is 16.2. The largest absolute Gasteiger partial charge is 0.467 e.